The third-order valence-corrected chi connectivity index (χ3v) is 4.76. The fraction of sp³-hybridized carbons (Fsp3) is 0.450. The van der Waals surface area contributed by atoms with Gasteiger partial charge in [-0.3, -0.25) is 4.79 Å². The standard InChI is InChI=1S/C20H27N3O2/c1-15(2)13-21-19(24)14-23-11-10-22-9-5-8-18(22)20(23)16-6-4-7-17(12-16)25-3/h4-9,12,15,20H,10-11,13-14H2,1-3H3,(H,21,24)/p+1/t20-/m1/s1. The summed E-state index contributed by atoms with van der Waals surface area (Å²) in [6, 6.07) is 12.6. The largest absolute Gasteiger partial charge is 0.497 e. The van der Waals surface area contributed by atoms with Crippen molar-refractivity contribution < 1.29 is 14.4 Å². The minimum Gasteiger partial charge on any atom is -0.497 e. The highest BCUT2D eigenvalue weighted by Gasteiger charge is 2.33. The number of rotatable bonds is 6. The Balaban J connectivity index is 1.85. The first kappa shape index (κ1) is 17.5. The Bertz CT molecular complexity index is 723. The number of methoxy groups -OCH3 is 1. The molecule has 2 N–H and O–H groups in total. The van der Waals surface area contributed by atoms with Crippen molar-refractivity contribution in [3.8, 4) is 5.75 Å². The maximum atomic E-state index is 12.4. The van der Waals surface area contributed by atoms with Gasteiger partial charge in [-0.1, -0.05) is 26.0 Å². The number of quaternary nitrogens is 1. The van der Waals surface area contributed by atoms with Crippen LogP contribution in [0.3, 0.4) is 0 Å². The predicted octanol–water partition coefficient (Wildman–Crippen LogP) is 1.26. The molecule has 25 heavy (non-hydrogen) atoms. The number of nitrogens with one attached hydrogen (secondary N) is 2. The Labute approximate surface area is 149 Å². The number of ether oxygens (including phenoxy) is 1. The SMILES string of the molecule is COc1cccc([C@@H]2c3cccn3CC[NH+]2CC(=O)NCC(C)C)c1. The first-order chi connectivity index (χ1) is 12.1. The van der Waals surface area contributed by atoms with Crippen molar-refractivity contribution >= 4 is 5.91 Å². The lowest BCUT2D eigenvalue weighted by Gasteiger charge is -2.34. The summed E-state index contributed by atoms with van der Waals surface area (Å²) in [7, 11) is 1.69. The fourth-order valence-electron chi connectivity index (χ4n) is 3.52. The van der Waals surface area contributed by atoms with Crippen LogP contribution >= 0.6 is 0 Å². The van der Waals surface area contributed by atoms with Gasteiger partial charge in [0.1, 0.15) is 5.75 Å². The van der Waals surface area contributed by atoms with Crippen molar-refractivity contribution in [2.75, 3.05) is 26.7 Å². The zero-order valence-corrected chi connectivity index (χ0v) is 15.3. The van der Waals surface area contributed by atoms with E-state index >= 15 is 0 Å². The second-order valence-electron chi connectivity index (χ2n) is 7.12. The van der Waals surface area contributed by atoms with Crippen molar-refractivity contribution in [1.29, 1.82) is 0 Å². The molecule has 1 aromatic carbocycles. The molecule has 0 radical (unpaired) electrons. The molecule has 1 unspecified atom stereocenters. The lowest BCUT2D eigenvalue weighted by atomic mass is 9.99. The molecule has 134 valence electrons. The van der Waals surface area contributed by atoms with E-state index in [2.05, 4.69) is 54.2 Å². The van der Waals surface area contributed by atoms with Crippen LogP contribution in [0.2, 0.25) is 0 Å². The summed E-state index contributed by atoms with van der Waals surface area (Å²) in [5.74, 6) is 1.44. The number of amides is 1. The fourth-order valence-corrected chi connectivity index (χ4v) is 3.52. The first-order valence-electron chi connectivity index (χ1n) is 8.98. The normalized spacial score (nSPS) is 19.5. The summed E-state index contributed by atoms with van der Waals surface area (Å²) in [6.45, 7) is 7.31. The average Bonchev–Trinajstić information content (AvgIpc) is 3.08. The molecule has 1 amide bonds. The van der Waals surface area contributed by atoms with Crippen LogP contribution in [-0.2, 0) is 11.3 Å². The highest BCUT2D eigenvalue weighted by molar-refractivity contribution is 5.76. The van der Waals surface area contributed by atoms with Crippen molar-refractivity contribution in [2.24, 2.45) is 5.92 Å². The molecule has 0 aliphatic carbocycles. The first-order valence-corrected chi connectivity index (χ1v) is 8.98. The lowest BCUT2D eigenvalue weighted by Crippen LogP contribution is -3.14. The Morgan fingerprint density at radius 1 is 1.36 bits per heavy atom. The van der Waals surface area contributed by atoms with Crippen LogP contribution in [-0.4, -0.2) is 37.2 Å². The van der Waals surface area contributed by atoms with Gasteiger partial charge < -0.3 is 19.5 Å². The van der Waals surface area contributed by atoms with Gasteiger partial charge in [-0.05, 0) is 30.2 Å². The number of aromatic nitrogens is 1. The average molecular weight is 342 g/mol. The summed E-state index contributed by atoms with van der Waals surface area (Å²) in [4.78, 5) is 13.7. The minimum absolute atomic E-state index is 0.122. The molecule has 0 fully saturated rings. The smallest absolute Gasteiger partial charge is 0.275 e. The number of fused-ring (bicyclic) bond motifs is 1. The van der Waals surface area contributed by atoms with E-state index < -0.39 is 0 Å². The van der Waals surface area contributed by atoms with Gasteiger partial charge in [0.15, 0.2) is 12.6 Å². The molecule has 0 bridgehead atoms. The van der Waals surface area contributed by atoms with Crippen LogP contribution in [0.4, 0.5) is 0 Å². The van der Waals surface area contributed by atoms with Gasteiger partial charge in [0.25, 0.3) is 5.91 Å². The third kappa shape index (κ3) is 4.04. The maximum absolute atomic E-state index is 12.4. The molecule has 2 atom stereocenters. The minimum atomic E-state index is 0.122. The number of benzene rings is 1. The Morgan fingerprint density at radius 2 is 2.20 bits per heavy atom. The van der Waals surface area contributed by atoms with E-state index in [1.54, 1.807) is 7.11 Å². The van der Waals surface area contributed by atoms with Crippen LogP contribution in [0.15, 0.2) is 42.6 Å². The molecule has 0 spiro atoms. The van der Waals surface area contributed by atoms with Crippen LogP contribution in [0.1, 0.15) is 31.1 Å². The molecule has 0 saturated heterocycles. The number of hydrogen-bond donors (Lipinski definition) is 2. The summed E-state index contributed by atoms with van der Waals surface area (Å²) in [6.07, 6.45) is 2.12. The van der Waals surface area contributed by atoms with E-state index in [9.17, 15) is 4.79 Å². The highest BCUT2D eigenvalue weighted by atomic mass is 16.5. The zero-order chi connectivity index (χ0) is 17.8. The second-order valence-corrected chi connectivity index (χ2v) is 7.12. The molecule has 5 nitrogen and oxygen atoms in total. The summed E-state index contributed by atoms with van der Waals surface area (Å²) < 4.78 is 7.69. The van der Waals surface area contributed by atoms with E-state index in [-0.39, 0.29) is 11.9 Å². The molecule has 2 heterocycles. The van der Waals surface area contributed by atoms with Crippen molar-refractivity contribution in [1.82, 2.24) is 9.88 Å². The van der Waals surface area contributed by atoms with Gasteiger partial charge >= 0.3 is 0 Å². The topological polar surface area (TPSA) is 47.7 Å². The van der Waals surface area contributed by atoms with Crippen LogP contribution in [0.25, 0.3) is 0 Å². The molecule has 2 aromatic rings. The van der Waals surface area contributed by atoms with Gasteiger partial charge in [-0.25, -0.2) is 0 Å². The van der Waals surface area contributed by atoms with Crippen LogP contribution < -0.4 is 15.0 Å². The zero-order valence-electron chi connectivity index (χ0n) is 15.3. The van der Waals surface area contributed by atoms with Gasteiger partial charge in [0, 0.05) is 18.3 Å². The number of nitrogens with zero attached hydrogens (tertiary/aromatic N) is 1. The molecule has 0 saturated carbocycles. The molecule has 1 aromatic heterocycles. The van der Waals surface area contributed by atoms with E-state index in [0.717, 1.165) is 25.4 Å². The van der Waals surface area contributed by atoms with E-state index in [0.29, 0.717) is 12.5 Å². The van der Waals surface area contributed by atoms with Crippen LogP contribution in [0.5, 0.6) is 5.75 Å². The molecule has 1 aliphatic rings. The monoisotopic (exact) mass is 342 g/mol. The highest BCUT2D eigenvalue weighted by Crippen LogP contribution is 2.25. The van der Waals surface area contributed by atoms with E-state index in [1.807, 2.05) is 12.1 Å². The molecule has 1 aliphatic heterocycles. The quantitative estimate of drug-likeness (QED) is 0.830. The molecular weight excluding hydrogens is 314 g/mol. The second kappa shape index (κ2) is 7.74. The summed E-state index contributed by atoms with van der Waals surface area (Å²) in [5.41, 5.74) is 2.44. The van der Waals surface area contributed by atoms with Crippen LogP contribution in [0, 0.1) is 5.92 Å². The maximum Gasteiger partial charge on any atom is 0.275 e. The number of hydrogen-bond acceptors (Lipinski definition) is 2. The summed E-state index contributed by atoms with van der Waals surface area (Å²) >= 11 is 0. The van der Waals surface area contributed by atoms with Crippen molar-refractivity contribution in [2.45, 2.75) is 26.4 Å². The Morgan fingerprint density at radius 3 is 2.96 bits per heavy atom. The van der Waals surface area contributed by atoms with E-state index in [1.165, 1.54) is 16.2 Å². The van der Waals surface area contributed by atoms with Gasteiger partial charge in [-0.2, -0.15) is 0 Å². The molecular formula is C20H28N3O2+. The third-order valence-electron chi connectivity index (χ3n) is 4.76. The van der Waals surface area contributed by atoms with Gasteiger partial charge in [0.05, 0.1) is 25.9 Å². The Hall–Kier alpha value is -2.27. The lowest BCUT2D eigenvalue weighted by molar-refractivity contribution is -0.922. The number of carbonyl (C=O) groups is 1. The van der Waals surface area contributed by atoms with Gasteiger partial charge in [-0.15, -0.1) is 0 Å². The predicted molar refractivity (Wildman–Crippen MR) is 97.8 cm³/mol. The summed E-state index contributed by atoms with van der Waals surface area (Å²) in [5, 5.41) is 3.05. The van der Waals surface area contributed by atoms with Crippen molar-refractivity contribution in [3.63, 3.8) is 0 Å². The van der Waals surface area contributed by atoms with E-state index in [4.69, 9.17) is 4.74 Å². The molecule has 3 rings (SSSR count). The molecule has 5 heteroatoms. The Kier molecular flexibility index (Phi) is 5.43. The van der Waals surface area contributed by atoms with Crippen molar-refractivity contribution in [3.05, 3.63) is 53.9 Å². The van der Waals surface area contributed by atoms with Gasteiger partial charge in [0.2, 0.25) is 0 Å². The number of carbonyl (C=O) groups excluding carboxylic acids is 1.